The van der Waals surface area contributed by atoms with Crippen LogP contribution in [0.25, 0.3) is 0 Å². The summed E-state index contributed by atoms with van der Waals surface area (Å²) in [6.45, 7) is 4.33. The van der Waals surface area contributed by atoms with Crippen molar-refractivity contribution in [2.24, 2.45) is 0 Å². The molecule has 0 unspecified atom stereocenters. The molecule has 3 rings (SSSR count). The Morgan fingerprint density at radius 1 is 0.958 bits per heavy atom. The minimum absolute atomic E-state index is 0.0501. The van der Waals surface area contributed by atoms with Gasteiger partial charge in [-0.3, -0.25) is 9.69 Å². The lowest BCUT2D eigenvalue weighted by Crippen LogP contribution is -2.49. The Kier molecular flexibility index (Phi) is 5.43. The predicted octanol–water partition coefficient (Wildman–Crippen LogP) is 2.26. The number of anilines is 1. The van der Waals surface area contributed by atoms with Crippen LogP contribution in [-0.4, -0.2) is 43.5 Å². The third-order valence-electron chi connectivity index (χ3n) is 4.26. The number of carbonyl (C=O) groups excluding carboxylic acids is 1. The lowest BCUT2D eigenvalue weighted by atomic mass is 10.2. The number of hydrogen-bond donors (Lipinski definition) is 1. The van der Waals surface area contributed by atoms with Crippen molar-refractivity contribution in [3.63, 3.8) is 0 Å². The summed E-state index contributed by atoms with van der Waals surface area (Å²) in [5, 5.41) is 2.96. The molecule has 0 bridgehead atoms. The van der Waals surface area contributed by atoms with E-state index in [1.54, 1.807) is 12.1 Å². The third kappa shape index (κ3) is 4.55. The zero-order valence-electron chi connectivity index (χ0n) is 13.6. The van der Waals surface area contributed by atoms with Crippen molar-refractivity contribution in [3.8, 4) is 0 Å². The van der Waals surface area contributed by atoms with Gasteiger partial charge in [0.1, 0.15) is 5.82 Å². The van der Waals surface area contributed by atoms with Gasteiger partial charge in [-0.25, -0.2) is 4.39 Å². The summed E-state index contributed by atoms with van der Waals surface area (Å²) in [6.07, 6.45) is 0. The zero-order chi connectivity index (χ0) is 16.8. The van der Waals surface area contributed by atoms with Crippen LogP contribution >= 0.6 is 0 Å². The Labute approximate surface area is 141 Å². The van der Waals surface area contributed by atoms with E-state index < -0.39 is 0 Å². The number of piperazine rings is 1. The fourth-order valence-corrected chi connectivity index (χ4v) is 2.87. The molecule has 4 nitrogen and oxygen atoms in total. The van der Waals surface area contributed by atoms with Gasteiger partial charge in [-0.05, 0) is 29.8 Å². The molecule has 2 aromatic carbocycles. The number of nitrogens with zero attached hydrogens (tertiary/aromatic N) is 2. The number of rotatable bonds is 5. The summed E-state index contributed by atoms with van der Waals surface area (Å²) < 4.78 is 13.0. The minimum atomic E-state index is -0.215. The van der Waals surface area contributed by atoms with E-state index >= 15 is 0 Å². The molecule has 24 heavy (non-hydrogen) atoms. The van der Waals surface area contributed by atoms with E-state index in [0.29, 0.717) is 13.1 Å². The molecule has 1 saturated heterocycles. The van der Waals surface area contributed by atoms with E-state index in [2.05, 4.69) is 15.1 Å². The average molecular weight is 327 g/mol. The summed E-state index contributed by atoms with van der Waals surface area (Å²) in [5.41, 5.74) is 2.14. The molecule has 0 spiro atoms. The maximum Gasteiger partial charge on any atom is 0.234 e. The zero-order valence-corrected chi connectivity index (χ0v) is 13.6. The topological polar surface area (TPSA) is 35.6 Å². The van der Waals surface area contributed by atoms with E-state index in [1.807, 2.05) is 30.3 Å². The summed E-state index contributed by atoms with van der Waals surface area (Å²) in [6, 6.07) is 16.5. The summed E-state index contributed by atoms with van der Waals surface area (Å²) in [4.78, 5) is 16.4. The Balaban J connectivity index is 1.41. The second kappa shape index (κ2) is 7.93. The molecule has 0 saturated carbocycles. The second-order valence-electron chi connectivity index (χ2n) is 6.00. The first-order valence-corrected chi connectivity index (χ1v) is 8.24. The standard InChI is InChI=1S/C19H22FN3O/c20-17-6-8-18(9-7-17)23-12-10-22(11-13-23)15-19(24)21-14-16-4-2-1-3-5-16/h1-9H,10-15H2,(H,21,24). The van der Waals surface area contributed by atoms with Gasteiger partial charge in [-0.1, -0.05) is 30.3 Å². The SMILES string of the molecule is O=C(CN1CCN(c2ccc(F)cc2)CC1)NCc1ccccc1. The molecular formula is C19H22FN3O. The van der Waals surface area contributed by atoms with Crippen LogP contribution in [0.5, 0.6) is 0 Å². The largest absolute Gasteiger partial charge is 0.369 e. The van der Waals surface area contributed by atoms with Crippen LogP contribution in [0.15, 0.2) is 54.6 Å². The molecule has 2 aromatic rings. The highest BCUT2D eigenvalue weighted by atomic mass is 19.1. The van der Waals surface area contributed by atoms with Crippen molar-refractivity contribution in [2.45, 2.75) is 6.54 Å². The van der Waals surface area contributed by atoms with Crippen molar-refractivity contribution < 1.29 is 9.18 Å². The van der Waals surface area contributed by atoms with Crippen molar-refractivity contribution >= 4 is 11.6 Å². The quantitative estimate of drug-likeness (QED) is 0.915. The fourth-order valence-electron chi connectivity index (χ4n) is 2.87. The molecule has 1 fully saturated rings. The van der Waals surface area contributed by atoms with Crippen LogP contribution < -0.4 is 10.2 Å². The van der Waals surface area contributed by atoms with Gasteiger partial charge in [0.05, 0.1) is 6.54 Å². The molecule has 1 heterocycles. The van der Waals surface area contributed by atoms with Crippen molar-refractivity contribution in [2.75, 3.05) is 37.6 Å². The lowest BCUT2D eigenvalue weighted by molar-refractivity contribution is -0.122. The van der Waals surface area contributed by atoms with Crippen molar-refractivity contribution in [1.29, 1.82) is 0 Å². The van der Waals surface area contributed by atoms with Crippen molar-refractivity contribution in [1.82, 2.24) is 10.2 Å². The predicted molar refractivity (Wildman–Crippen MR) is 93.3 cm³/mol. The van der Waals surface area contributed by atoms with Gasteiger partial charge in [0.2, 0.25) is 5.91 Å². The monoisotopic (exact) mass is 327 g/mol. The van der Waals surface area contributed by atoms with Gasteiger partial charge in [-0.15, -0.1) is 0 Å². The van der Waals surface area contributed by atoms with Crippen molar-refractivity contribution in [3.05, 3.63) is 66.0 Å². The van der Waals surface area contributed by atoms with Gasteiger partial charge < -0.3 is 10.2 Å². The van der Waals surface area contributed by atoms with E-state index in [0.717, 1.165) is 37.4 Å². The van der Waals surface area contributed by atoms with Crippen LogP contribution in [0.2, 0.25) is 0 Å². The molecule has 0 aliphatic carbocycles. The molecule has 0 aromatic heterocycles. The molecule has 1 aliphatic rings. The molecular weight excluding hydrogens is 305 g/mol. The number of carbonyl (C=O) groups is 1. The molecule has 126 valence electrons. The summed E-state index contributed by atoms with van der Waals surface area (Å²) in [7, 11) is 0. The van der Waals surface area contributed by atoms with E-state index in [1.165, 1.54) is 12.1 Å². The molecule has 1 aliphatic heterocycles. The molecule has 5 heteroatoms. The molecule has 0 radical (unpaired) electrons. The highest BCUT2D eigenvalue weighted by molar-refractivity contribution is 5.78. The number of halogens is 1. The number of hydrogen-bond acceptors (Lipinski definition) is 3. The maximum absolute atomic E-state index is 13.0. The van der Waals surface area contributed by atoms with Crippen LogP contribution in [-0.2, 0) is 11.3 Å². The van der Waals surface area contributed by atoms with Crippen LogP contribution in [0, 0.1) is 5.82 Å². The number of amides is 1. The van der Waals surface area contributed by atoms with E-state index in [-0.39, 0.29) is 11.7 Å². The van der Waals surface area contributed by atoms with E-state index in [9.17, 15) is 9.18 Å². The maximum atomic E-state index is 13.0. The van der Waals surface area contributed by atoms with Gasteiger partial charge in [0.25, 0.3) is 0 Å². The highest BCUT2D eigenvalue weighted by Crippen LogP contribution is 2.16. The second-order valence-corrected chi connectivity index (χ2v) is 6.00. The number of nitrogens with one attached hydrogen (secondary N) is 1. The summed E-state index contributed by atoms with van der Waals surface area (Å²) in [5.74, 6) is -0.165. The normalized spacial score (nSPS) is 15.3. The first-order valence-electron chi connectivity index (χ1n) is 8.24. The van der Waals surface area contributed by atoms with E-state index in [4.69, 9.17) is 0 Å². The van der Waals surface area contributed by atoms with Gasteiger partial charge in [0.15, 0.2) is 0 Å². The molecule has 1 N–H and O–H groups in total. The molecule has 1 amide bonds. The van der Waals surface area contributed by atoms with Gasteiger partial charge in [0, 0.05) is 38.4 Å². The smallest absolute Gasteiger partial charge is 0.234 e. The third-order valence-corrected chi connectivity index (χ3v) is 4.26. The summed E-state index contributed by atoms with van der Waals surface area (Å²) >= 11 is 0. The highest BCUT2D eigenvalue weighted by Gasteiger charge is 2.19. The Bertz CT molecular complexity index is 652. The van der Waals surface area contributed by atoms with Crippen LogP contribution in [0.1, 0.15) is 5.56 Å². The van der Waals surface area contributed by atoms with Crippen LogP contribution in [0.3, 0.4) is 0 Å². The van der Waals surface area contributed by atoms with Crippen LogP contribution in [0.4, 0.5) is 10.1 Å². The average Bonchev–Trinajstić information content (AvgIpc) is 2.62. The first kappa shape index (κ1) is 16.5. The van der Waals surface area contributed by atoms with Gasteiger partial charge in [-0.2, -0.15) is 0 Å². The Hall–Kier alpha value is -2.40. The Morgan fingerprint density at radius 2 is 1.62 bits per heavy atom. The first-order chi connectivity index (χ1) is 11.7. The van der Waals surface area contributed by atoms with Gasteiger partial charge >= 0.3 is 0 Å². The lowest BCUT2D eigenvalue weighted by Gasteiger charge is -2.35. The fraction of sp³-hybridized carbons (Fsp3) is 0.316. The number of benzene rings is 2. The minimum Gasteiger partial charge on any atom is -0.369 e. The Morgan fingerprint density at radius 3 is 2.29 bits per heavy atom. The molecule has 0 atom stereocenters.